The number of carboxylic acid groups (broad SMARTS) is 1. The number of ether oxygens (including phenoxy) is 1. The van der Waals surface area contributed by atoms with Gasteiger partial charge in [0.05, 0.1) is 13.0 Å². The van der Waals surface area contributed by atoms with Gasteiger partial charge in [-0.25, -0.2) is 4.79 Å². The van der Waals surface area contributed by atoms with Gasteiger partial charge in [-0.05, 0) is 18.6 Å². The summed E-state index contributed by atoms with van der Waals surface area (Å²) >= 11 is 0. The zero-order valence-electron chi connectivity index (χ0n) is 10.3. The third-order valence-corrected chi connectivity index (χ3v) is 2.38. The molecular weight excluding hydrogens is 234 g/mol. The summed E-state index contributed by atoms with van der Waals surface area (Å²) in [5.41, 5.74) is 0. The van der Waals surface area contributed by atoms with Crippen LogP contribution in [0.15, 0.2) is 30.3 Å². The molecule has 1 aromatic rings. The Bertz CT molecular complexity index is 391. The lowest BCUT2D eigenvalue weighted by atomic mass is 10.2. The summed E-state index contributed by atoms with van der Waals surface area (Å²) < 4.78 is 5.34. The first kappa shape index (κ1) is 14.0. The molecule has 0 bridgehead atoms. The van der Waals surface area contributed by atoms with E-state index in [0.717, 1.165) is 0 Å². The minimum Gasteiger partial charge on any atom is -0.493 e. The Kier molecular flexibility index (Phi) is 5.70. The van der Waals surface area contributed by atoms with Gasteiger partial charge in [0, 0.05) is 0 Å². The molecule has 1 atom stereocenters. The minimum atomic E-state index is -1.02. The van der Waals surface area contributed by atoms with E-state index in [1.165, 1.54) is 0 Å². The van der Waals surface area contributed by atoms with E-state index in [9.17, 15) is 9.59 Å². The molecular formula is C13H17NO4. The molecule has 2 N–H and O–H groups in total. The van der Waals surface area contributed by atoms with Gasteiger partial charge >= 0.3 is 5.97 Å². The molecule has 1 aromatic carbocycles. The molecule has 0 saturated carbocycles. The van der Waals surface area contributed by atoms with Crippen LogP contribution in [0.5, 0.6) is 5.75 Å². The number of amides is 1. The molecule has 5 nitrogen and oxygen atoms in total. The predicted octanol–water partition coefficient (Wildman–Crippen LogP) is 1.43. The fraction of sp³-hybridized carbons (Fsp3) is 0.385. The molecule has 0 aromatic heterocycles. The molecule has 0 fully saturated rings. The van der Waals surface area contributed by atoms with Gasteiger partial charge in [-0.1, -0.05) is 25.1 Å². The zero-order valence-corrected chi connectivity index (χ0v) is 10.3. The minimum absolute atomic E-state index is 0.138. The van der Waals surface area contributed by atoms with E-state index in [0.29, 0.717) is 12.2 Å². The topological polar surface area (TPSA) is 75.6 Å². The number of aliphatic carboxylic acids is 1. The Morgan fingerprint density at radius 3 is 2.56 bits per heavy atom. The number of hydrogen-bond donors (Lipinski definition) is 2. The quantitative estimate of drug-likeness (QED) is 0.768. The maximum atomic E-state index is 11.5. The Hall–Kier alpha value is -2.04. The highest BCUT2D eigenvalue weighted by Crippen LogP contribution is 2.08. The van der Waals surface area contributed by atoms with Crippen molar-refractivity contribution in [1.82, 2.24) is 5.32 Å². The van der Waals surface area contributed by atoms with Gasteiger partial charge in [0.2, 0.25) is 5.91 Å². The highest BCUT2D eigenvalue weighted by Gasteiger charge is 2.17. The normalized spacial score (nSPS) is 11.6. The largest absolute Gasteiger partial charge is 0.493 e. The Morgan fingerprint density at radius 1 is 1.33 bits per heavy atom. The van der Waals surface area contributed by atoms with Crippen molar-refractivity contribution in [1.29, 1.82) is 0 Å². The third kappa shape index (κ3) is 4.86. The Morgan fingerprint density at radius 2 is 2.00 bits per heavy atom. The zero-order chi connectivity index (χ0) is 13.4. The van der Waals surface area contributed by atoms with Crippen molar-refractivity contribution in [2.24, 2.45) is 0 Å². The van der Waals surface area contributed by atoms with Gasteiger partial charge in [0.1, 0.15) is 11.8 Å². The van der Waals surface area contributed by atoms with E-state index >= 15 is 0 Å². The summed E-state index contributed by atoms with van der Waals surface area (Å²) in [5.74, 6) is -0.648. The first-order chi connectivity index (χ1) is 8.63. The first-order valence-corrected chi connectivity index (χ1v) is 5.83. The molecule has 1 amide bonds. The van der Waals surface area contributed by atoms with Crippen molar-refractivity contribution >= 4 is 11.9 Å². The lowest BCUT2D eigenvalue weighted by Gasteiger charge is -2.12. The molecule has 0 aliphatic rings. The van der Waals surface area contributed by atoms with Crippen molar-refractivity contribution in [3.8, 4) is 5.75 Å². The van der Waals surface area contributed by atoms with Crippen LogP contribution in [0.3, 0.4) is 0 Å². The molecule has 0 heterocycles. The second-order valence-electron chi connectivity index (χ2n) is 3.78. The molecule has 18 heavy (non-hydrogen) atoms. The van der Waals surface area contributed by atoms with Crippen molar-refractivity contribution in [2.75, 3.05) is 6.61 Å². The standard InChI is InChI=1S/C13H17NO4/c1-2-11(13(16)17)14-12(15)8-9-18-10-6-4-3-5-7-10/h3-7,11H,2,8-9H2,1H3,(H,14,15)(H,16,17)/t11-/m1/s1. The molecule has 0 aliphatic heterocycles. The van der Waals surface area contributed by atoms with Crippen LogP contribution in [0.4, 0.5) is 0 Å². The summed E-state index contributed by atoms with van der Waals surface area (Å²) in [6.07, 6.45) is 0.499. The summed E-state index contributed by atoms with van der Waals surface area (Å²) in [6, 6.07) is 8.32. The number of rotatable bonds is 7. The van der Waals surface area contributed by atoms with Crippen LogP contribution in [0, 0.1) is 0 Å². The van der Waals surface area contributed by atoms with E-state index in [2.05, 4.69) is 5.32 Å². The SMILES string of the molecule is CC[C@@H](NC(=O)CCOc1ccccc1)C(=O)O. The Labute approximate surface area is 106 Å². The highest BCUT2D eigenvalue weighted by atomic mass is 16.5. The number of benzene rings is 1. The summed E-state index contributed by atoms with van der Waals surface area (Å²) in [5, 5.41) is 11.2. The van der Waals surface area contributed by atoms with Crippen LogP contribution in [0.2, 0.25) is 0 Å². The van der Waals surface area contributed by atoms with Crippen LogP contribution >= 0.6 is 0 Å². The molecule has 98 valence electrons. The first-order valence-electron chi connectivity index (χ1n) is 5.83. The number of carbonyl (C=O) groups excluding carboxylic acids is 1. The number of hydrogen-bond acceptors (Lipinski definition) is 3. The van der Waals surface area contributed by atoms with Crippen LogP contribution in [-0.4, -0.2) is 29.6 Å². The van der Waals surface area contributed by atoms with Gasteiger partial charge in [-0.2, -0.15) is 0 Å². The second kappa shape index (κ2) is 7.32. The van der Waals surface area contributed by atoms with E-state index in [1.807, 2.05) is 18.2 Å². The van der Waals surface area contributed by atoms with E-state index in [-0.39, 0.29) is 18.9 Å². The predicted molar refractivity (Wildman–Crippen MR) is 66.4 cm³/mol. The molecule has 5 heteroatoms. The highest BCUT2D eigenvalue weighted by molar-refractivity contribution is 5.83. The molecule has 0 unspecified atom stereocenters. The third-order valence-electron chi connectivity index (χ3n) is 2.38. The molecule has 0 spiro atoms. The van der Waals surface area contributed by atoms with Gasteiger partial charge in [-0.3, -0.25) is 4.79 Å². The molecule has 0 saturated heterocycles. The fourth-order valence-electron chi connectivity index (χ4n) is 1.38. The number of nitrogens with one attached hydrogen (secondary N) is 1. The second-order valence-corrected chi connectivity index (χ2v) is 3.78. The maximum Gasteiger partial charge on any atom is 0.326 e. The van der Waals surface area contributed by atoms with E-state index < -0.39 is 12.0 Å². The number of para-hydroxylation sites is 1. The number of carboxylic acids is 1. The lowest BCUT2D eigenvalue weighted by Crippen LogP contribution is -2.40. The van der Waals surface area contributed by atoms with Crippen LogP contribution < -0.4 is 10.1 Å². The smallest absolute Gasteiger partial charge is 0.326 e. The summed E-state index contributed by atoms with van der Waals surface area (Å²) in [6.45, 7) is 1.94. The van der Waals surface area contributed by atoms with Gasteiger partial charge in [0.15, 0.2) is 0 Å². The van der Waals surface area contributed by atoms with E-state index in [4.69, 9.17) is 9.84 Å². The van der Waals surface area contributed by atoms with Crippen molar-refractivity contribution < 1.29 is 19.4 Å². The van der Waals surface area contributed by atoms with Gasteiger partial charge < -0.3 is 15.2 Å². The molecule has 1 rings (SSSR count). The average molecular weight is 251 g/mol. The van der Waals surface area contributed by atoms with Crippen LogP contribution in [-0.2, 0) is 9.59 Å². The lowest BCUT2D eigenvalue weighted by molar-refractivity contribution is -0.142. The fourth-order valence-corrected chi connectivity index (χ4v) is 1.38. The molecule has 0 radical (unpaired) electrons. The Balaban J connectivity index is 2.27. The van der Waals surface area contributed by atoms with Gasteiger partial charge in [0.25, 0.3) is 0 Å². The van der Waals surface area contributed by atoms with Gasteiger partial charge in [-0.15, -0.1) is 0 Å². The summed E-state index contributed by atoms with van der Waals surface area (Å²) in [4.78, 5) is 22.2. The van der Waals surface area contributed by atoms with Crippen molar-refractivity contribution in [3.63, 3.8) is 0 Å². The van der Waals surface area contributed by atoms with Crippen molar-refractivity contribution in [3.05, 3.63) is 30.3 Å². The molecule has 0 aliphatic carbocycles. The monoisotopic (exact) mass is 251 g/mol. The van der Waals surface area contributed by atoms with E-state index in [1.54, 1.807) is 19.1 Å². The van der Waals surface area contributed by atoms with Crippen LogP contribution in [0.1, 0.15) is 19.8 Å². The average Bonchev–Trinajstić information content (AvgIpc) is 2.37. The maximum absolute atomic E-state index is 11.5. The summed E-state index contributed by atoms with van der Waals surface area (Å²) in [7, 11) is 0. The van der Waals surface area contributed by atoms with Crippen molar-refractivity contribution in [2.45, 2.75) is 25.8 Å². The number of carbonyl (C=O) groups is 2. The van der Waals surface area contributed by atoms with Crippen LogP contribution in [0.25, 0.3) is 0 Å².